The van der Waals surface area contributed by atoms with Crippen molar-refractivity contribution < 1.29 is 29.7 Å². The molecule has 1 heterocycles. The van der Waals surface area contributed by atoms with Crippen LogP contribution in [0.25, 0.3) is 0 Å². The zero-order chi connectivity index (χ0) is 24.8. The zero-order valence-corrected chi connectivity index (χ0v) is 19.5. The summed E-state index contributed by atoms with van der Waals surface area (Å²) in [6, 6.07) is 0. The third-order valence-corrected chi connectivity index (χ3v) is 5.49. The Morgan fingerprint density at radius 1 is 0.606 bits per heavy atom. The second-order valence-corrected chi connectivity index (χ2v) is 7.78. The van der Waals surface area contributed by atoms with Gasteiger partial charge in [0.1, 0.15) is 0 Å². The van der Waals surface area contributed by atoms with E-state index < -0.39 is 35.7 Å². The quantitative estimate of drug-likeness (QED) is 0.185. The van der Waals surface area contributed by atoms with Gasteiger partial charge in [-0.25, -0.2) is 0 Å². The monoisotopic (exact) mass is 468 g/mol. The van der Waals surface area contributed by atoms with Crippen LogP contribution in [0.15, 0.2) is 0 Å². The Morgan fingerprint density at radius 2 is 0.848 bits per heavy atom. The van der Waals surface area contributed by atoms with Crippen molar-refractivity contribution in [1.29, 1.82) is 0 Å². The highest BCUT2D eigenvalue weighted by Gasteiger charge is 2.17. The van der Waals surface area contributed by atoms with Crippen LogP contribution in [0.4, 0.5) is 17.8 Å². The van der Waals surface area contributed by atoms with Crippen molar-refractivity contribution in [2.24, 2.45) is 17.8 Å². The second kappa shape index (κ2) is 14.8. The molecule has 0 spiro atoms. The van der Waals surface area contributed by atoms with E-state index in [0.29, 0.717) is 58.2 Å². The van der Waals surface area contributed by atoms with Gasteiger partial charge in [0.05, 0.1) is 17.8 Å². The molecule has 6 N–H and O–H groups in total. The number of carboxylic acid groups (broad SMARTS) is 3. The van der Waals surface area contributed by atoms with Crippen molar-refractivity contribution >= 4 is 35.8 Å². The molecule has 1 aromatic heterocycles. The first kappa shape index (κ1) is 27.9. The molecule has 33 heavy (non-hydrogen) atoms. The number of carbonyl (C=O) groups is 3. The topological polar surface area (TPSA) is 187 Å². The van der Waals surface area contributed by atoms with E-state index >= 15 is 0 Å². The van der Waals surface area contributed by atoms with Crippen molar-refractivity contribution in [3.05, 3.63) is 0 Å². The van der Waals surface area contributed by atoms with Gasteiger partial charge in [0.2, 0.25) is 17.8 Å². The van der Waals surface area contributed by atoms with Crippen LogP contribution in [0.5, 0.6) is 0 Å². The Balaban J connectivity index is 2.84. The van der Waals surface area contributed by atoms with Crippen molar-refractivity contribution in [3.8, 4) is 0 Å². The Bertz CT molecular complexity index is 665. The van der Waals surface area contributed by atoms with E-state index in [9.17, 15) is 29.7 Å². The van der Waals surface area contributed by atoms with E-state index in [-0.39, 0.29) is 17.8 Å². The van der Waals surface area contributed by atoms with E-state index in [1.807, 2.05) is 20.8 Å². The van der Waals surface area contributed by atoms with E-state index in [2.05, 4.69) is 30.9 Å². The highest BCUT2D eigenvalue weighted by atomic mass is 16.4. The molecule has 0 fully saturated rings. The van der Waals surface area contributed by atoms with Crippen LogP contribution in [0, 0.1) is 17.8 Å². The van der Waals surface area contributed by atoms with Gasteiger partial charge in [-0.05, 0) is 38.5 Å². The largest absolute Gasteiger partial charge is 0.481 e. The average Bonchev–Trinajstić information content (AvgIpc) is 2.76. The number of rotatable bonds is 18. The van der Waals surface area contributed by atoms with Gasteiger partial charge in [-0.2, -0.15) is 15.0 Å². The molecule has 1 aromatic rings. The molecule has 0 radical (unpaired) electrons. The molecule has 3 atom stereocenters. The van der Waals surface area contributed by atoms with Crippen LogP contribution in [0.2, 0.25) is 0 Å². The Morgan fingerprint density at radius 3 is 1.03 bits per heavy atom. The number of anilines is 3. The molecular weight excluding hydrogens is 432 g/mol. The van der Waals surface area contributed by atoms with Gasteiger partial charge in [-0.15, -0.1) is 0 Å². The van der Waals surface area contributed by atoms with Gasteiger partial charge in [0, 0.05) is 19.6 Å². The molecule has 0 amide bonds. The molecule has 1 rings (SSSR count). The van der Waals surface area contributed by atoms with Gasteiger partial charge in [0.25, 0.3) is 0 Å². The molecule has 3 unspecified atom stereocenters. The lowest BCUT2D eigenvalue weighted by Crippen LogP contribution is -2.20. The number of hydrogen-bond acceptors (Lipinski definition) is 9. The predicted octanol–water partition coefficient (Wildman–Crippen LogP) is 2.61. The summed E-state index contributed by atoms with van der Waals surface area (Å²) < 4.78 is 0. The molecule has 0 aromatic carbocycles. The molecule has 0 aliphatic rings. The first-order valence-electron chi connectivity index (χ1n) is 11.4. The van der Waals surface area contributed by atoms with Crippen LogP contribution in [-0.2, 0) is 14.4 Å². The second-order valence-electron chi connectivity index (χ2n) is 7.78. The summed E-state index contributed by atoms with van der Waals surface area (Å²) in [5.74, 6) is -3.26. The SMILES string of the molecule is CCC(CCNc1nc(NCCC(CC)C(=O)O)nc(NCCC(CC)C(=O)O)n1)C(=O)O. The van der Waals surface area contributed by atoms with Gasteiger partial charge >= 0.3 is 17.9 Å². The highest BCUT2D eigenvalue weighted by molar-refractivity contribution is 5.70. The van der Waals surface area contributed by atoms with E-state index in [1.165, 1.54) is 0 Å². The van der Waals surface area contributed by atoms with Crippen molar-refractivity contribution in [1.82, 2.24) is 15.0 Å². The molecule has 12 heteroatoms. The Labute approximate surface area is 193 Å². The first-order valence-corrected chi connectivity index (χ1v) is 11.4. The molecule has 0 saturated carbocycles. The smallest absolute Gasteiger partial charge is 0.306 e. The van der Waals surface area contributed by atoms with Crippen LogP contribution < -0.4 is 16.0 Å². The van der Waals surface area contributed by atoms with Crippen LogP contribution in [0.3, 0.4) is 0 Å². The van der Waals surface area contributed by atoms with Gasteiger partial charge in [-0.3, -0.25) is 14.4 Å². The minimum atomic E-state index is -0.854. The van der Waals surface area contributed by atoms with Crippen molar-refractivity contribution in [2.45, 2.75) is 59.3 Å². The first-order chi connectivity index (χ1) is 15.7. The summed E-state index contributed by atoms with van der Waals surface area (Å²) in [7, 11) is 0. The number of aliphatic carboxylic acids is 3. The summed E-state index contributed by atoms with van der Waals surface area (Å²) >= 11 is 0. The Kier molecular flexibility index (Phi) is 12.5. The lowest BCUT2D eigenvalue weighted by molar-refractivity contribution is -0.142. The van der Waals surface area contributed by atoms with Gasteiger partial charge in [-0.1, -0.05) is 20.8 Å². The van der Waals surface area contributed by atoms with Crippen LogP contribution >= 0.6 is 0 Å². The lowest BCUT2D eigenvalue weighted by atomic mass is 10.0. The maximum Gasteiger partial charge on any atom is 0.306 e. The fourth-order valence-corrected chi connectivity index (χ4v) is 3.19. The molecule has 186 valence electrons. The lowest BCUT2D eigenvalue weighted by Gasteiger charge is -2.14. The van der Waals surface area contributed by atoms with Crippen molar-refractivity contribution in [3.63, 3.8) is 0 Å². The van der Waals surface area contributed by atoms with Crippen LogP contribution in [-0.4, -0.2) is 67.8 Å². The average molecular weight is 469 g/mol. The maximum absolute atomic E-state index is 11.2. The normalized spacial score (nSPS) is 13.5. The molecule has 0 aliphatic carbocycles. The highest BCUT2D eigenvalue weighted by Crippen LogP contribution is 2.15. The summed E-state index contributed by atoms with van der Waals surface area (Å²) in [5, 5.41) is 36.6. The van der Waals surface area contributed by atoms with Gasteiger partial charge in [0.15, 0.2) is 0 Å². The van der Waals surface area contributed by atoms with Gasteiger partial charge < -0.3 is 31.3 Å². The zero-order valence-electron chi connectivity index (χ0n) is 19.5. The molecule has 0 saturated heterocycles. The molecule has 0 aliphatic heterocycles. The van der Waals surface area contributed by atoms with E-state index in [1.54, 1.807) is 0 Å². The summed E-state index contributed by atoms with van der Waals surface area (Å²) in [6.07, 6.45) is 2.73. The number of aromatic nitrogens is 3. The fraction of sp³-hybridized carbons (Fsp3) is 0.714. The number of nitrogens with one attached hydrogen (secondary N) is 3. The number of nitrogens with zero attached hydrogens (tertiary/aromatic N) is 3. The third kappa shape index (κ3) is 10.3. The fourth-order valence-electron chi connectivity index (χ4n) is 3.19. The predicted molar refractivity (Wildman–Crippen MR) is 123 cm³/mol. The molecule has 12 nitrogen and oxygen atoms in total. The van der Waals surface area contributed by atoms with E-state index in [4.69, 9.17) is 0 Å². The van der Waals surface area contributed by atoms with E-state index in [0.717, 1.165) is 0 Å². The Hall–Kier alpha value is -3.18. The summed E-state index contributed by atoms with van der Waals surface area (Å²) in [6.45, 7) is 6.48. The number of hydrogen-bond donors (Lipinski definition) is 6. The summed E-state index contributed by atoms with van der Waals surface area (Å²) in [4.78, 5) is 46.4. The molecular formula is C21H36N6O6. The summed E-state index contributed by atoms with van der Waals surface area (Å²) in [5.41, 5.74) is 0. The van der Waals surface area contributed by atoms with Crippen molar-refractivity contribution in [2.75, 3.05) is 35.6 Å². The molecule has 0 bridgehead atoms. The number of carboxylic acids is 3. The minimum absolute atomic E-state index is 0.241. The third-order valence-electron chi connectivity index (χ3n) is 5.49. The minimum Gasteiger partial charge on any atom is -0.481 e. The van der Waals surface area contributed by atoms with Crippen LogP contribution in [0.1, 0.15) is 59.3 Å². The maximum atomic E-state index is 11.2. The standard InChI is InChI=1S/C21H36N6O6/c1-4-13(16(28)29)7-10-22-19-25-20(23-11-8-14(5-2)17(30)31)27-21(26-19)24-12-9-15(6-3)18(32)33/h13-15H,4-12H2,1-3H3,(H,28,29)(H,30,31)(H,32,33)(H3,22,23,24,25,26,27).